The third-order valence-corrected chi connectivity index (χ3v) is 3.38. The highest BCUT2D eigenvalue weighted by Crippen LogP contribution is 2.31. The topological polar surface area (TPSA) is 29.1 Å². The van der Waals surface area contributed by atoms with Crippen molar-refractivity contribution in [1.29, 1.82) is 0 Å². The molecule has 1 aliphatic carbocycles. The van der Waals surface area contributed by atoms with Gasteiger partial charge in [0.1, 0.15) is 5.78 Å². The molecule has 1 aliphatic rings. The molecule has 0 unspecified atom stereocenters. The minimum Gasteiger partial charge on any atom is -0.314 e. The normalized spacial score (nSPS) is 19.9. The Labute approximate surface area is 93.1 Å². The van der Waals surface area contributed by atoms with Gasteiger partial charge < -0.3 is 5.32 Å². The van der Waals surface area contributed by atoms with E-state index in [0.717, 1.165) is 18.4 Å². The zero-order valence-electron chi connectivity index (χ0n) is 10.1. The highest BCUT2D eigenvalue weighted by Gasteiger charge is 2.32. The van der Waals surface area contributed by atoms with Crippen molar-refractivity contribution in [1.82, 2.24) is 5.32 Å². The second kappa shape index (κ2) is 5.45. The standard InChI is InChI=1S/C13H23NO/c1-11(2)9-12(15)10-13(14-3)7-5-4-6-8-13/h14H,1,4-10H2,2-3H3. The first-order valence-electron chi connectivity index (χ1n) is 5.93. The number of carbonyl (C=O) groups is 1. The van der Waals surface area contributed by atoms with E-state index in [2.05, 4.69) is 11.9 Å². The number of nitrogens with one attached hydrogen (secondary N) is 1. The summed E-state index contributed by atoms with van der Waals surface area (Å²) in [7, 11) is 1.99. The molecule has 1 fully saturated rings. The lowest BCUT2D eigenvalue weighted by atomic mass is 9.78. The molecule has 0 amide bonds. The zero-order valence-corrected chi connectivity index (χ0v) is 10.1. The Hall–Kier alpha value is -0.630. The van der Waals surface area contributed by atoms with Crippen LogP contribution in [0.5, 0.6) is 0 Å². The van der Waals surface area contributed by atoms with Crippen LogP contribution in [0, 0.1) is 0 Å². The van der Waals surface area contributed by atoms with Gasteiger partial charge in [0.25, 0.3) is 0 Å². The van der Waals surface area contributed by atoms with Gasteiger partial charge in [-0.2, -0.15) is 0 Å². The minimum absolute atomic E-state index is 0.0881. The lowest BCUT2D eigenvalue weighted by molar-refractivity contribution is -0.120. The Kier molecular flexibility index (Phi) is 4.52. The summed E-state index contributed by atoms with van der Waals surface area (Å²) in [5, 5.41) is 3.37. The fraction of sp³-hybridized carbons (Fsp3) is 0.769. The maximum Gasteiger partial charge on any atom is 0.138 e. The number of rotatable bonds is 5. The second-order valence-electron chi connectivity index (χ2n) is 4.94. The third-order valence-electron chi connectivity index (χ3n) is 3.38. The van der Waals surface area contributed by atoms with E-state index in [4.69, 9.17) is 0 Å². The number of Topliss-reactive ketones (excluding diaryl/α,β-unsaturated/α-hetero) is 1. The Balaban J connectivity index is 2.51. The maximum atomic E-state index is 11.8. The van der Waals surface area contributed by atoms with Crippen LogP contribution in [0.25, 0.3) is 0 Å². The fourth-order valence-corrected chi connectivity index (χ4v) is 2.52. The van der Waals surface area contributed by atoms with Crippen LogP contribution in [0.2, 0.25) is 0 Å². The van der Waals surface area contributed by atoms with Gasteiger partial charge in [0, 0.05) is 18.4 Å². The Morgan fingerprint density at radius 2 is 1.93 bits per heavy atom. The molecule has 0 heterocycles. The molecule has 0 bridgehead atoms. The van der Waals surface area contributed by atoms with E-state index in [-0.39, 0.29) is 5.54 Å². The maximum absolute atomic E-state index is 11.8. The van der Waals surface area contributed by atoms with E-state index >= 15 is 0 Å². The van der Waals surface area contributed by atoms with Gasteiger partial charge in [-0.05, 0) is 26.8 Å². The number of allylic oxidation sites excluding steroid dienone is 1. The van der Waals surface area contributed by atoms with E-state index in [9.17, 15) is 4.79 Å². The minimum atomic E-state index is 0.0881. The predicted octanol–water partition coefficient (Wildman–Crippen LogP) is 2.83. The lowest BCUT2D eigenvalue weighted by Crippen LogP contribution is -2.46. The van der Waals surface area contributed by atoms with E-state index in [1.807, 2.05) is 14.0 Å². The summed E-state index contributed by atoms with van der Waals surface area (Å²) >= 11 is 0. The molecule has 86 valence electrons. The average Bonchev–Trinajstić information content (AvgIpc) is 2.17. The molecule has 2 heteroatoms. The largest absolute Gasteiger partial charge is 0.314 e. The van der Waals surface area contributed by atoms with E-state index < -0.39 is 0 Å². The highest BCUT2D eigenvalue weighted by molar-refractivity contribution is 5.81. The molecule has 0 aromatic carbocycles. The van der Waals surface area contributed by atoms with Gasteiger partial charge in [-0.25, -0.2) is 0 Å². The van der Waals surface area contributed by atoms with Crippen molar-refractivity contribution in [2.75, 3.05) is 7.05 Å². The Morgan fingerprint density at radius 3 is 2.40 bits per heavy atom. The second-order valence-corrected chi connectivity index (χ2v) is 4.94. The monoisotopic (exact) mass is 209 g/mol. The molecule has 15 heavy (non-hydrogen) atoms. The fourth-order valence-electron chi connectivity index (χ4n) is 2.52. The van der Waals surface area contributed by atoms with E-state index in [0.29, 0.717) is 18.6 Å². The van der Waals surface area contributed by atoms with Crippen LogP contribution in [-0.4, -0.2) is 18.4 Å². The molecule has 0 atom stereocenters. The van der Waals surface area contributed by atoms with Crippen molar-refractivity contribution in [3.05, 3.63) is 12.2 Å². The number of hydrogen-bond donors (Lipinski definition) is 1. The van der Waals surface area contributed by atoms with E-state index in [1.165, 1.54) is 19.3 Å². The van der Waals surface area contributed by atoms with Crippen molar-refractivity contribution in [3.63, 3.8) is 0 Å². The summed E-state index contributed by atoms with van der Waals surface area (Å²) < 4.78 is 0. The summed E-state index contributed by atoms with van der Waals surface area (Å²) in [5.41, 5.74) is 1.06. The SMILES string of the molecule is C=C(C)CC(=O)CC1(NC)CCCCC1. The van der Waals surface area contributed by atoms with Crippen LogP contribution >= 0.6 is 0 Å². The molecule has 0 saturated heterocycles. The van der Waals surface area contributed by atoms with Crippen LogP contribution < -0.4 is 5.32 Å². The molecule has 1 rings (SSSR count). The first kappa shape index (κ1) is 12.4. The van der Waals surface area contributed by atoms with Gasteiger partial charge in [-0.1, -0.05) is 31.4 Å². The lowest BCUT2D eigenvalue weighted by Gasteiger charge is -2.36. The number of hydrogen-bond acceptors (Lipinski definition) is 2. The zero-order chi connectivity index (χ0) is 11.3. The van der Waals surface area contributed by atoms with Crippen LogP contribution in [0.1, 0.15) is 51.9 Å². The first-order valence-corrected chi connectivity index (χ1v) is 5.93. The first-order chi connectivity index (χ1) is 7.08. The van der Waals surface area contributed by atoms with Gasteiger partial charge in [0.2, 0.25) is 0 Å². The quantitative estimate of drug-likeness (QED) is 0.705. The summed E-state index contributed by atoms with van der Waals surface area (Å²) in [5.74, 6) is 0.332. The number of ketones is 1. The Bertz CT molecular complexity index is 239. The smallest absolute Gasteiger partial charge is 0.138 e. The molecule has 0 spiro atoms. The van der Waals surface area contributed by atoms with Crippen molar-refractivity contribution < 1.29 is 4.79 Å². The molecule has 0 radical (unpaired) electrons. The van der Waals surface area contributed by atoms with Gasteiger partial charge >= 0.3 is 0 Å². The van der Waals surface area contributed by atoms with E-state index in [1.54, 1.807) is 0 Å². The van der Waals surface area contributed by atoms with Crippen LogP contribution in [0.3, 0.4) is 0 Å². The predicted molar refractivity (Wildman–Crippen MR) is 63.9 cm³/mol. The van der Waals surface area contributed by atoms with Crippen LogP contribution in [0.15, 0.2) is 12.2 Å². The molecule has 1 saturated carbocycles. The molecule has 0 aromatic heterocycles. The van der Waals surface area contributed by atoms with Crippen molar-refractivity contribution >= 4 is 5.78 Å². The van der Waals surface area contributed by atoms with Crippen LogP contribution in [0.4, 0.5) is 0 Å². The average molecular weight is 209 g/mol. The third kappa shape index (κ3) is 3.78. The summed E-state index contributed by atoms with van der Waals surface area (Å²) in [4.78, 5) is 11.8. The van der Waals surface area contributed by atoms with Crippen molar-refractivity contribution in [2.24, 2.45) is 0 Å². The van der Waals surface area contributed by atoms with Gasteiger partial charge in [0.15, 0.2) is 0 Å². The van der Waals surface area contributed by atoms with Gasteiger partial charge in [-0.3, -0.25) is 4.79 Å². The number of carbonyl (C=O) groups excluding carboxylic acids is 1. The summed E-state index contributed by atoms with van der Waals surface area (Å²) in [6.45, 7) is 5.72. The molecular formula is C13H23NO. The van der Waals surface area contributed by atoms with Gasteiger partial charge in [0.05, 0.1) is 0 Å². The Morgan fingerprint density at radius 1 is 1.33 bits per heavy atom. The van der Waals surface area contributed by atoms with Crippen LogP contribution in [-0.2, 0) is 4.79 Å². The summed E-state index contributed by atoms with van der Waals surface area (Å²) in [6.07, 6.45) is 7.33. The highest BCUT2D eigenvalue weighted by atomic mass is 16.1. The molecule has 0 aromatic rings. The summed E-state index contributed by atoms with van der Waals surface area (Å²) in [6, 6.07) is 0. The van der Waals surface area contributed by atoms with Gasteiger partial charge in [-0.15, -0.1) is 0 Å². The molecule has 0 aliphatic heterocycles. The van der Waals surface area contributed by atoms with Crippen molar-refractivity contribution in [3.8, 4) is 0 Å². The molecular weight excluding hydrogens is 186 g/mol. The molecule has 1 N–H and O–H groups in total. The van der Waals surface area contributed by atoms with Crippen molar-refractivity contribution in [2.45, 2.75) is 57.4 Å². The molecule has 2 nitrogen and oxygen atoms in total.